The van der Waals surface area contributed by atoms with Crippen LogP contribution in [-0.4, -0.2) is 29.0 Å². The van der Waals surface area contributed by atoms with Crippen molar-refractivity contribution in [3.8, 4) is 0 Å². The van der Waals surface area contributed by atoms with Gasteiger partial charge in [0.15, 0.2) is 0 Å². The number of hydrogen-bond acceptors (Lipinski definition) is 7. The van der Waals surface area contributed by atoms with Crippen LogP contribution in [0, 0.1) is 5.92 Å². The van der Waals surface area contributed by atoms with E-state index in [1.54, 1.807) is 6.26 Å². The van der Waals surface area contributed by atoms with Gasteiger partial charge in [-0.25, -0.2) is 4.99 Å². The van der Waals surface area contributed by atoms with Crippen LogP contribution >= 0.6 is 23.1 Å². The van der Waals surface area contributed by atoms with Crippen LogP contribution in [0.25, 0.3) is 0 Å². The molecule has 2 rings (SSSR count). The molecule has 1 aromatic heterocycles. The van der Waals surface area contributed by atoms with Crippen molar-refractivity contribution in [3.63, 3.8) is 0 Å². The first-order valence-corrected chi connectivity index (χ1v) is 7.70. The SMILES string of the molecule is CSC(=Nc1ccsc1)C1C(=O)OC(C)(C)OC1=O. The van der Waals surface area contributed by atoms with Gasteiger partial charge in [-0.3, -0.25) is 9.59 Å². The van der Waals surface area contributed by atoms with E-state index in [0.717, 1.165) is 0 Å². The van der Waals surface area contributed by atoms with Gasteiger partial charge >= 0.3 is 11.9 Å². The third kappa shape index (κ3) is 3.16. The zero-order chi connectivity index (χ0) is 14.0. The van der Waals surface area contributed by atoms with Crippen molar-refractivity contribution in [2.75, 3.05) is 6.26 Å². The van der Waals surface area contributed by atoms with Gasteiger partial charge in [-0.05, 0) is 17.7 Å². The highest BCUT2D eigenvalue weighted by molar-refractivity contribution is 8.13. The minimum Gasteiger partial charge on any atom is -0.422 e. The molecule has 0 aliphatic carbocycles. The van der Waals surface area contributed by atoms with E-state index in [0.29, 0.717) is 10.7 Å². The van der Waals surface area contributed by atoms with Gasteiger partial charge in [-0.15, -0.1) is 11.8 Å². The lowest BCUT2D eigenvalue weighted by Gasteiger charge is -2.32. The van der Waals surface area contributed by atoms with Gasteiger partial charge in [0.1, 0.15) is 0 Å². The molecule has 0 N–H and O–H groups in total. The molecule has 1 fully saturated rings. The number of thioether (sulfide) groups is 1. The molecule has 0 saturated carbocycles. The average Bonchev–Trinajstić information content (AvgIpc) is 2.77. The van der Waals surface area contributed by atoms with E-state index >= 15 is 0 Å². The molecule has 0 aromatic carbocycles. The van der Waals surface area contributed by atoms with E-state index in [2.05, 4.69) is 4.99 Å². The Bertz CT molecular complexity index is 502. The van der Waals surface area contributed by atoms with Crippen molar-refractivity contribution in [2.24, 2.45) is 10.9 Å². The Morgan fingerprint density at radius 2 is 2.00 bits per heavy atom. The van der Waals surface area contributed by atoms with Gasteiger partial charge in [-0.1, -0.05) is 0 Å². The minimum absolute atomic E-state index is 0.379. The van der Waals surface area contributed by atoms with E-state index in [-0.39, 0.29) is 0 Å². The first-order chi connectivity index (χ1) is 8.93. The number of thiophene rings is 1. The molecule has 0 bridgehead atoms. The number of rotatable bonds is 2. The molecule has 5 nitrogen and oxygen atoms in total. The van der Waals surface area contributed by atoms with E-state index in [9.17, 15) is 9.59 Å². The summed E-state index contributed by atoms with van der Waals surface area (Å²) < 4.78 is 10.2. The van der Waals surface area contributed by atoms with Crippen molar-refractivity contribution in [3.05, 3.63) is 16.8 Å². The summed E-state index contributed by atoms with van der Waals surface area (Å²) in [6.07, 6.45) is 1.76. The standard InChI is InChI=1S/C12H13NO4S2/c1-12(2)16-10(14)8(11(15)17-12)9(18-3)13-7-4-5-19-6-7/h4-6,8H,1-3H3. The normalized spacial score (nSPS) is 20.1. The van der Waals surface area contributed by atoms with Crippen molar-refractivity contribution in [1.29, 1.82) is 0 Å². The topological polar surface area (TPSA) is 65.0 Å². The molecule has 19 heavy (non-hydrogen) atoms. The van der Waals surface area contributed by atoms with Gasteiger partial charge in [0.05, 0.1) is 10.7 Å². The summed E-state index contributed by atoms with van der Waals surface area (Å²) in [6.45, 7) is 3.04. The van der Waals surface area contributed by atoms with Crippen LogP contribution in [0.5, 0.6) is 0 Å². The second-order valence-electron chi connectivity index (χ2n) is 4.31. The van der Waals surface area contributed by atoms with Gasteiger partial charge in [0, 0.05) is 19.2 Å². The summed E-state index contributed by atoms with van der Waals surface area (Å²) in [7, 11) is 0. The van der Waals surface area contributed by atoms with E-state index in [4.69, 9.17) is 9.47 Å². The molecule has 2 heterocycles. The Morgan fingerprint density at radius 3 is 2.47 bits per heavy atom. The second kappa shape index (κ2) is 5.34. The van der Waals surface area contributed by atoms with Crippen LogP contribution in [0.3, 0.4) is 0 Å². The van der Waals surface area contributed by atoms with Crippen LogP contribution in [0.2, 0.25) is 0 Å². The lowest BCUT2D eigenvalue weighted by Crippen LogP contribution is -2.48. The monoisotopic (exact) mass is 299 g/mol. The van der Waals surface area contributed by atoms with Crippen LogP contribution < -0.4 is 0 Å². The number of carbonyl (C=O) groups is 2. The van der Waals surface area contributed by atoms with E-state index in [1.807, 2.05) is 16.8 Å². The highest BCUT2D eigenvalue weighted by Gasteiger charge is 2.45. The van der Waals surface area contributed by atoms with Crippen LogP contribution in [0.15, 0.2) is 21.8 Å². The van der Waals surface area contributed by atoms with Crippen molar-refractivity contribution in [1.82, 2.24) is 0 Å². The summed E-state index contributed by atoms with van der Waals surface area (Å²) in [4.78, 5) is 28.2. The molecule has 1 saturated heterocycles. The smallest absolute Gasteiger partial charge is 0.330 e. The van der Waals surface area contributed by atoms with Gasteiger partial charge < -0.3 is 9.47 Å². The number of carbonyl (C=O) groups excluding carboxylic acids is 2. The van der Waals surface area contributed by atoms with Gasteiger partial charge in [-0.2, -0.15) is 11.3 Å². The Morgan fingerprint density at radius 1 is 1.37 bits per heavy atom. The molecular formula is C12H13NO4S2. The third-order valence-electron chi connectivity index (χ3n) is 2.37. The molecule has 1 aromatic rings. The Balaban J connectivity index is 2.29. The quantitative estimate of drug-likeness (QED) is 0.363. The number of nitrogens with zero attached hydrogens (tertiary/aromatic N) is 1. The molecule has 0 atom stereocenters. The van der Waals surface area contributed by atoms with Crippen LogP contribution in [0.4, 0.5) is 5.69 Å². The van der Waals surface area contributed by atoms with Crippen LogP contribution in [0.1, 0.15) is 13.8 Å². The first-order valence-electron chi connectivity index (χ1n) is 5.53. The van der Waals surface area contributed by atoms with E-state index < -0.39 is 23.6 Å². The maximum atomic E-state index is 11.9. The molecule has 0 unspecified atom stereocenters. The van der Waals surface area contributed by atoms with E-state index in [1.165, 1.54) is 36.9 Å². The Hall–Kier alpha value is -1.34. The number of esters is 2. The number of aliphatic imine (C=N–C) groups is 1. The number of hydrogen-bond donors (Lipinski definition) is 0. The van der Waals surface area contributed by atoms with Gasteiger partial charge in [0.25, 0.3) is 5.79 Å². The lowest BCUT2D eigenvalue weighted by atomic mass is 10.1. The predicted molar refractivity (Wildman–Crippen MR) is 74.7 cm³/mol. The summed E-state index contributed by atoms with van der Waals surface area (Å²) in [6, 6.07) is 1.81. The maximum Gasteiger partial charge on any atom is 0.330 e. The third-order valence-corrected chi connectivity index (χ3v) is 3.78. The number of cyclic esters (lactones) is 2. The second-order valence-corrected chi connectivity index (χ2v) is 5.92. The molecule has 1 aliphatic rings. The van der Waals surface area contributed by atoms with Crippen LogP contribution in [-0.2, 0) is 19.1 Å². The minimum atomic E-state index is -1.21. The lowest BCUT2D eigenvalue weighted by molar-refractivity contribution is -0.235. The Kier molecular flexibility index (Phi) is 3.96. The maximum absolute atomic E-state index is 11.9. The summed E-state index contributed by atoms with van der Waals surface area (Å²) in [5.74, 6) is -3.55. The molecule has 0 spiro atoms. The molecular weight excluding hydrogens is 286 g/mol. The van der Waals surface area contributed by atoms with Gasteiger partial charge in [0.2, 0.25) is 5.92 Å². The van der Waals surface area contributed by atoms with Crippen molar-refractivity contribution in [2.45, 2.75) is 19.6 Å². The fourth-order valence-electron chi connectivity index (χ4n) is 1.60. The summed E-state index contributed by atoms with van der Waals surface area (Å²) in [5, 5.41) is 4.08. The summed E-state index contributed by atoms with van der Waals surface area (Å²) in [5.41, 5.74) is 0.708. The average molecular weight is 299 g/mol. The largest absolute Gasteiger partial charge is 0.422 e. The Labute approximate surface area is 119 Å². The molecule has 7 heteroatoms. The zero-order valence-corrected chi connectivity index (χ0v) is 12.3. The predicted octanol–water partition coefficient (Wildman–Crippen LogP) is 2.59. The highest BCUT2D eigenvalue weighted by Crippen LogP contribution is 2.28. The summed E-state index contributed by atoms with van der Waals surface area (Å²) >= 11 is 2.73. The fraction of sp³-hybridized carbons (Fsp3) is 0.417. The van der Waals surface area contributed by atoms with Crippen molar-refractivity contribution >= 4 is 45.8 Å². The van der Waals surface area contributed by atoms with Crippen molar-refractivity contribution < 1.29 is 19.1 Å². The molecule has 0 radical (unpaired) electrons. The molecule has 1 aliphatic heterocycles. The first kappa shape index (κ1) is 14.1. The zero-order valence-electron chi connectivity index (χ0n) is 10.7. The number of ether oxygens (including phenoxy) is 2. The molecule has 0 amide bonds. The molecule has 102 valence electrons. The highest BCUT2D eigenvalue weighted by atomic mass is 32.2. The fourth-order valence-corrected chi connectivity index (χ4v) is 2.79.